The Bertz CT molecular complexity index is 234. The fourth-order valence-corrected chi connectivity index (χ4v) is 0.970. The zero-order valence-corrected chi connectivity index (χ0v) is 7.05. The van der Waals surface area contributed by atoms with Gasteiger partial charge in [0, 0.05) is 0 Å². The lowest BCUT2D eigenvalue weighted by Crippen LogP contribution is -2.03. The molecule has 6 heteroatoms. The molecular formula is C6H2BrF4N. The number of nitrogen functional groups attached to an aromatic ring is 1. The molecule has 0 aromatic heterocycles. The third-order valence-electron chi connectivity index (χ3n) is 1.24. The van der Waals surface area contributed by atoms with Crippen LogP contribution < -0.4 is 5.73 Å². The van der Waals surface area contributed by atoms with Crippen molar-refractivity contribution in [3.05, 3.63) is 27.7 Å². The summed E-state index contributed by atoms with van der Waals surface area (Å²) in [4.78, 5) is 0. The van der Waals surface area contributed by atoms with Gasteiger partial charge >= 0.3 is 0 Å². The SMILES string of the molecule is Nc1c(F)c(F)c(Br)c(F)c1F. The average molecular weight is 244 g/mol. The maximum absolute atomic E-state index is 12.5. The summed E-state index contributed by atoms with van der Waals surface area (Å²) in [7, 11) is 0. The second-order valence-corrected chi connectivity index (χ2v) is 2.78. The molecule has 0 aliphatic heterocycles. The van der Waals surface area contributed by atoms with E-state index in [2.05, 4.69) is 15.9 Å². The van der Waals surface area contributed by atoms with Crippen molar-refractivity contribution in [3.8, 4) is 0 Å². The van der Waals surface area contributed by atoms with Gasteiger partial charge in [0.2, 0.25) is 0 Å². The molecule has 1 nitrogen and oxygen atoms in total. The van der Waals surface area contributed by atoms with E-state index < -0.39 is 33.4 Å². The molecule has 0 fully saturated rings. The van der Waals surface area contributed by atoms with Gasteiger partial charge in [0.15, 0.2) is 23.3 Å². The molecule has 0 bridgehead atoms. The van der Waals surface area contributed by atoms with Crippen LogP contribution >= 0.6 is 15.9 Å². The zero-order chi connectivity index (χ0) is 9.46. The summed E-state index contributed by atoms with van der Waals surface area (Å²) in [6.07, 6.45) is 0. The highest BCUT2D eigenvalue weighted by molar-refractivity contribution is 9.10. The Morgan fingerprint density at radius 3 is 1.50 bits per heavy atom. The molecule has 0 aliphatic rings. The van der Waals surface area contributed by atoms with Crippen molar-refractivity contribution < 1.29 is 17.6 Å². The van der Waals surface area contributed by atoms with Gasteiger partial charge < -0.3 is 5.73 Å². The monoisotopic (exact) mass is 243 g/mol. The predicted molar refractivity (Wildman–Crippen MR) is 38.4 cm³/mol. The summed E-state index contributed by atoms with van der Waals surface area (Å²) in [5.41, 5.74) is 3.54. The van der Waals surface area contributed by atoms with Gasteiger partial charge in [-0.2, -0.15) is 0 Å². The molecule has 0 atom stereocenters. The second kappa shape index (κ2) is 2.93. The van der Waals surface area contributed by atoms with E-state index >= 15 is 0 Å². The molecule has 1 rings (SSSR count). The van der Waals surface area contributed by atoms with Gasteiger partial charge in [-0.25, -0.2) is 17.6 Å². The van der Waals surface area contributed by atoms with Crippen molar-refractivity contribution in [1.82, 2.24) is 0 Å². The van der Waals surface area contributed by atoms with E-state index in [0.717, 1.165) is 0 Å². The molecule has 2 N–H and O–H groups in total. The van der Waals surface area contributed by atoms with Crippen molar-refractivity contribution >= 4 is 21.6 Å². The molecule has 0 spiro atoms. The summed E-state index contributed by atoms with van der Waals surface area (Å²) in [5, 5.41) is 0. The molecule has 0 aliphatic carbocycles. The topological polar surface area (TPSA) is 26.0 Å². The van der Waals surface area contributed by atoms with E-state index in [0.29, 0.717) is 0 Å². The minimum atomic E-state index is -1.60. The Labute approximate surface area is 73.3 Å². The van der Waals surface area contributed by atoms with Gasteiger partial charge in [0.25, 0.3) is 0 Å². The third-order valence-corrected chi connectivity index (χ3v) is 1.94. The maximum Gasteiger partial charge on any atom is 0.186 e. The number of hydrogen-bond acceptors (Lipinski definition) is 1. The molecule has 66 valence electrons. The Balaban J connectivity index is 3.60. The maximum atomic E-state index is 12.5. The first-order chi connectivity index (χ1) is 5.46. The normalized spacial score (nSPS) is 10.4. The van der Waals surface area contributed by atoms with E-state index in [4.69, 9.17) is 5.73 Å². The second-order valence-electron chi connectivity index (χ2n) is 1.98. The van der Waals surface area contributed by atoms with E-state index in [1.165, 1.54) is 0 Å². The van der Waals surface area contributed by atoms with Crippen molar-refractivity contribution in [2.75, 3.05) is 5.73 Å². The van der Waals surface area contributed by atoms with Crippen LogP contribution in [0, 0.1) is 23.3 Å². The minimum absolute atomic E-state index is 0.897. The molecular weight excluding hydrogens is 242 g/mol. The first kappa shape index (κ1) is 9.31. The number of anilines is 1. The van der Waals surface area contributed by atoms with Crippen LogP contribution in [0.5, 0.6) is 0 Å². The highest BCUT2D eigenvalue weighted by Crippen LogP contribution is 2.29. The predicted octanol–water partition coefficient (Wildman–Crippen LogP) is 2.59. The summed E-state index contributed by atoms with van der Waals surface area (Å²) in [5.74, 6) is -6.26. The van der Waals surface area contributed by atoms with Gasteiger partial charge in [0.1, 0.15) is 5.69 Å². The van der Waals surface area contributed by atoms with Crippen LogP contribution in [0.2, 0.25) is 0 Å². The van der Waals surface area contributed by atoms with Crippen molar-refractivity contribution in [1.29, 1.82) is 0 Å². The van der Waals surface area contributed by atoms with Gasteiger partial charge in [-0.1, -0.05) is 0 Å². The van der Waals surface area contributed by atoms with Crippen LogP contribution in [-0.4, -0.2) is 0 Å². The molecule has 1 aromatic rings. The molecule has 0 radical (unpaired) electrons. The van der Waals surface area contributed by atoms with Gasteiger partial charge in [-0.15, -0.1) is 0 Å². The fraction of sp³-hybridized carbons (Fsp3) is 0. The third kappa shape index (κ3) is 1.16. The standard InChI is InChI=1S/C6H2BrF4N/c7-1-2(8)4(10)6(12)5(11)3(1)9/h12H2. The summed E-state index contributed by atoms with van der Waals surface area (Å²) >= 11 is 2.33. The van der Waals surface area contributed by atoms with E-state index in [-0.39, 0.29) is 0 Å². The minimum Gasteiger partial charge on any atom is -0.394 e. The van der Waals surface area contributed by atoms with Crippen molar-refractivity contribution in [2.45, 2.75) is 0 Å². The molecule has 0 saturated carbocycles. The van der Waals surface area contributed by atoms with Crippen molar-refractivity contribution in [2.24, 2.45) is 0 Å². The van der Waals surface area contributed by atoms with Crippen LogP contribution in [0.15, 0.2) is 4.47 Å². The number of nitrogens with two attached hydrogens (primary N) is 1. The number of benzene rings is 1. The zero-order valence-electron chi connectivity index (χ0n) is 5.47. The number of halogens is 5. The summed E-state index contributed by atoms with van der Waals surface area (Å²) < 4.78 is 49.1. The lowest BCUT2D eigenvalue weighted by molar-refractivity contribution is 0.452. The lowest BCUT2D eigenvalue weighted by Gasteiger charge is -2.03. The van der Waals surface area contributed by atoms with Gasteiger partial charge in [-0.05, 0) is 15.9 Å². The van der Waals surface area contributed by atoms with Crippen LogP contribution in [0.4, 0.5) is 23.2 Å². The van der Waals surface area contributed by atoms with Gasteiger partial charge in [0.05, 0.1) is 4.47 Å². The lowest BCUT2D eigenvalue weighted by atomic mass is 10.3. The summed E-state index contributed by atoms with van der Waals surface area (Å²) in [6.45, 7) is 0. The molecule has 12 heavy (non-hydrogen) atoms. The highest BCUT2D eigenvalue weighted by Gasteiger charge is 2.21. The number of rotatable bonds is 0. The van der Waals surface area contributed by atoms with Crippen LogP contribution in [0.3, 0.4) is 0 Å². The smallest absolute Gasteiger partial charge is 0.186 e. The van der Waals surface area contributed by atoms with Crippen LogP contribution in [0.25, 0.3) is 0 Å². The van der Waals surface area contributed by atoms with E-state index in [9.17, 15) is 17.6 Å². The van der Waals surface area contributed by atoms with Gasteiger partial charge in [-0.3, -0.25) is 0 Å². The van der Waals surface area contributed by atoms with Crippen LogP contribution in [-0.2, 0) is 0 Å². The Kier molecular flexibility index (Phi) is 2.27. The summed E-state index contributed by atoms with van der Waals surface area (Å²) in [6, 6.07) is 0. The Morgan fingerprint density at radius 1 is 0.833 bits per heavy atom. The fourth-order valence-electron chi connectivity index (χ4n) is 0.622. The quantitative estimate of drug-likeness (QED) is 0.323. The van der Waals surface area contributed by atoms with E-state index in [1.807, 2.05) is 0 Å². The first-order valence-corrected chi connectivity index (χ1v) is 3.53. The molecule has 0 heterocycles. The molecule has 0 saturated heterocycles. The van der Waals surface area contributed by atoms with E-state index in [1.54, 1.807) is 0 Å². The van der Waals surface area contributed by atoms with Crippen LogP contribution in [0.1, 0.15) is 0 Å². The number of hydrogen-bond donors (Lipinski definition) is 1. The molecule has 0 amide bonds. The Morgan fingerprint density at radius 2 is 1.17 bits per heavy atom. The molecule has 1 aromatic carbocycles. The molecule has 0 unspecified atom stereocenters. The highest BCUT2D eigenvalue weighted by atomic mass is 79.9. The Hall–Kier alpha value is -0.780. The largest absolute Gasteiger partial charge is 0.394 e. The first-order valence-electron chi connectivity index (χ1n) is 2.73. The van der Waals surface area contributed by atoms with Crippen molar-refractivity contribution in [3.63, 3.8) is 0 Å². The average Bonchev–Trinajstić information content (AvgIpc) is 2.08.